The highest BCUT2D eigenvalue weighted by atomic mass is 16.6. The molecule has 1 amide bonds. The molecule has 5 saturated carbocycles. The van der Waals surface area contributed by atoms with Gasteiger partial charge in [-0.3, -0.25) is 0 Å². The molecule has 5 aliphatic carbocycles. The highest BCUT2D eigenvalue weighted by molar-refractivity contribution is 5.67. The van der Waals surface area contributed by atoms with Crippen molar-refractivity contribution in [3.63, 3.8) is 0 Å². The van der Waals surface area contributed by atoms with Gasteiger partial charge in [0.1, 0.15) is 12.2 Å². The average Bonchev–Trinajstić information content (AvgIpc) is 3.49. The summed E-state index contributed by atoms with van der Waals surface area (Å²) in [5.41, 5.74) is 0.383. The number of ether oxygens (including phenoxy) is 3. The number of fused-ring (bicyclic) bond motifs is 4. The molecule has 244 valence electrons. The molecule has 7 aliphatic rings. The zero-order valence-corrected chi connectivity index (χ0v) is 28.0. The van der Waals surface area contributed by atoms with Crippen LogP contribution in [-0.4, -0.2) is 78.9 Å². The van der Waals surface area contributed by atoms with E-state index >= 15 is 0 Å². The first kappa shape index (κ1) is 30.7. The van der Waals surface area contributed by atoms with E-state index in [0.29, 0.717) is 47.3 Å². The summed E-state index contributed by atoms with van der Waals surface area (Å²) in [4.78, 5) is 15.2. The van der Waals surface area contributed by atoms with Gasteiger partial charge in [0.2, 0.25) is 0 Å². The third-order valence-corrected chi connectivity index (χ3v) is 14.8. The van der Waals surface area contributed by atoms with E-state index in [4.69, 9.17) is 14.2 Å². The Balaban J connectivity index is 1.03. The summed E-state index contributed by atoms with van der Waals surface area (Å²) in [6.45, 7) is 17.7. The Morgan fingerprint density at radius 2 is 1.79 bits per heavy atom. The second-order valence-corrected chi connectivity index (χ2v) is 17.4. The molecule has 7 nitrogen and oxygen atoms in total. The largest absolute Gasteiger partial charge is 0.446 e. The Labute approximate surface area is 260 Å². The number of rotatable bonds is 8. The van der Waals surface area contributed by atoms with Crippen molar-refractivity contribution >= 4 is 6.09 Å². The van der Waals surface area contributed by atoms with Gasteiger partial charge in [-0.05, 0) is 144 Å². The van der Waals surface area contributed by atoms with Crippen molar-refractivity contribution in [2.75, 3.05) is 32.8 Å². The van der Waals surface area contributed by atoms with Crippen molar-refractivity contribution in [3.8, 4) is 0 Å². The van der Waals surface area contributed by atoms with Crippen molar-refractivity contribution in [2.45, 2.75) is 142 Å². The monoisotopic (exact) mass is 600 g/mol. The summed E-state index contributed by atoms with van der Waals surface area (Å²) in [7, 11) is 0. The minimum absolute atomic E-state index is 0.00364. The average molecular weight is 601 g/mol. The van der Waals surface area contributed by atoms with Crippen molar-refractivity contribution in [1.82, 2.24) is 10.2 Å². The first-order valence-corrected chi connectivity index (χ1v) is 18.0. The first-order valence-electron chi connectivity index (χ1n) is 18.0. The maximum Gasteiger partial charge on any atom is 0.407 e. The predicted molar refractivity (Wildman–Crippen MR) is 167 cm³/mol. The SMILES string of the molecule is CCO[C@@H](C1CCC2C(CC3C4CCC5C(C)(C)[C@@H](OC(=O)NCCN6CCC6)CC[C@@]56C[C@@]46CCC23C)O1)C(C)(C)O. The maximum absolute atomic E-state index is 12.8. The fourth-order valence-electron chi connectivity index (χ4n) is 12.7. The molecule has 7 heteroatoms. The Hall–Kier alpha value is -0.890. The van der Waals surface area contributed by atoms with Crippen LogP contribution in [-0.2, 0) is 14.2 Å². The van der Waals surface area contributed by atoms with Crippen molar-refractivity contribution in [1.29, 1.82) is 0 Å². The molecule has 2 spiro atoms. The van der Waals surface area contributed by atoms with Gasteiger partial charge >= 0.3 is 6.09 Å². The van der Waals surface area contributed by atoms with Crippen LogP contribution in [0.25, 0.3) is 0 Å². The van der Waals surface area contributed by atoms with Crippen LogP contribution in [0.3, 0.4) is 0 Å². The van der Waals surface area contributed by atoms with Crippen LogP contribution in [0.5, 0.6) is 0 Å². The number of hydrogen-bond donors (Lipinski definition) is 2. The molecule has 0 aromatic carbocycles. The molecule has 0 aromatic heterocycles. The van der Waals surface area contributed by atoms with Crippen LogP contribution in [0.4, 0.5) is 4.79 Å². The number of hydrogen-bond acceptors (Lipinski definition) is 6. The van der Waals surface area contributed by atoms with E-state index in [-0.39, 0.29) is 29.8 Å². The van der Waals surface area contributed by atoms with Crippen LogP contribution >= 0.6 is 0 Å². The van der Waals surface area contributed by atoms with Gasteiger partial charge in [0.25, 0.3) is 0 Å². The molecule has 0 bridgehead atoms. The van der Waals surface area contributed by atoms with Crippen molar-refractivity contribution in [3.05, 3.63) is 0 Å². The molecular weight excluding hydrogens is 540 g/mol. The van der Waals surface area contributed by atoms with E-state index in [9.17, 15) is 9.90 Å². The lowest BCUT2D eigenvalue weighted by Crippen LogP contribution is -2.55. The van der Waals surface area contributed by atoms with E-state index in [0.717, 1.165) is 44.3 Å². The Morgan fingerprint density at radius 1 is 1.02 bits per heavy atom. The smallest absolute Gasteiger partial charge is 0.407 e. The number of alkyl carbamates (subject to hydrolysis) is 1. The van der Waals surface area contributed by atoms with Crippen molar-refractivity contribution < 1.29 is 24.1 Å². The molecule has 11 atom stereocenters. The molecular formula is C36H60N2O5. The number of amides is 1. The van der Waals surface area contributed by atoms with Gasteiger partial charge in [-0.2, -0.15) is 0 Å². The fourth-order valence-corrected chi connectivity index (χ4v) is 12.7. The molecule has 43 heavy (non-hydrogen) atoms. The molecule has 0 radical (unpaired) electrons. The van der Waals surface area contributed by atoms with Crippen LogP contribution < -0.4 is 5.32 Å². The lowest BCUT2D eigenvalue weighted by Gasteiger charge is -2.59. The van der Waals surface area contributed by atoms with Crippen LogP contribution in [0.2, 0.25) is 0 Å². The molecule has 2 heterocycles. The standard InChI is InChI=1S/C36H60N2O5/c1-7-41-30(33(4,5)40)26-11-9-24-27(42-26)21-25-23-10-12-28-32(2,3)29(43-31(39)37-17-20-38-18-8-19-38)13-14-36(28)22-35(23,36)16-15-34(24,25)6/h23-30,40H,7-22H2,1-6H3,(H,37,39)/t23?,24?,25?,26?,27?,28?,29-,30-,34?,35-,36+/m0/s1. The zero-order valence-electron chi connectivity index (χ0n) is 28.0. The van der Waals surface area contributed by atoms with Crippen LogP contribution in [0, 0.1) is 45.3 Å². The van der Waals surface area contributed by atoms with E-state index in [1.54, 1.807) is 0 Å². The first-order chi connectivity index (χ1) is 20.4. The second kappa shape index (κ2) is 10.6. The van der Waals surface area contributed by atoms with Gasteiger partial charge in [0.15, 0.2) is 0 Å². The number of nitrogens with zero attached hydrogens (tertiary/aromatic N) is 1. The second-order valence-electron chi connectivity index (χ2n) is 17.4. The van der Waals surface area contributed by atoms with E-state index in [1.807, 2.05) is 20.8 Å². The highest BCUT2D eigenvalue weighted by Crippen LogP contribution is 2.87. The van der Waals surface area contributed by atoms with Gasteiger partial charge in [-0.1, -0.05) is 20.8 Å². The minimum Gasteiger partial charge on any atom is -0.446 e. The molecule has 7 fully saturated rings. The van der Waals surface area contributed by atoms with Crippen LogP contribution in [0.15, 0.2) is 0 Å². The molecule has 2 N–H and O–H groups in total. The van der Waals surface area contributed by atoms with E-state index in [1.165, 1.54) is 57.8 Å². The maximum atomic E-state index is 12.8. The number of aliphatic hydroxyl groups is 1. The number of nitrogens with one attached hydrogen (secondary N) is 1. The van der Waals surface area contributed by atoms with E-state index in [2.05, 4.69) is 31.0 Å². The quantitative estimate of drug-likeness (QED) is 0.347. The van der Waals surface area contributed by atoms with Gasteiger partial charge in [0.05, 0.1) is 17.8 Å². The molecule has 2 aliphatic heterocycles. The van der Waals surface area contributed by atoms with Crippen LogP contribution in [0.1, 0.15) is 112 Å². The third-order valence-electron chi connectivity index (χ3n) is 14.8. The summed E-state index contributed by atoms with van der Waals surface area (Å²) >= 11 is 0. The number of carbonyl (C=O) groups excluding carboxylic acids is 1. The summed E-state index contributed by atoms with van der Waals surface area (Å²) in [6.07, 6.45) is 13.3. The minimum atomic E-state index is -0.907. The van der Waals surface area contributed by atoms with Gasteiger partial charge in [-0.25, -0.2) is 4.79 Å². The predicted octanol–water partition coefficient (Wildman–Crippen LogP) is 6.17. The van der Waals surface area contributed by atoms with Crippen molar-refractivity contribution in [2.24, 2.45) is 45.3 Å². The number of carbonyl (C=O) groups is 1. The van der Waals surface area contributed by atoms with E-state index < -0.39 is 5.60 Å². The summed E-state index contributed by atoms with van der Waals surface area (Å²) < 4.78 is 19.2. The normalized spacial score (nSPS) is 47.1. The topological polar surface area (TPSA) is 80.3 Å². The zero-order chi connectivity index (χ0) is 30.4. The van der Waals surface area contributed by atoms with Gasteiger partial charge in [-0.15, -0.1) is 0 Å². The molecule has 2 saturated heterocycles. The summed E-state index contributed by atoms with van der Waals surface area (Å²) in [6, 6.07) is 0. The summed E-state index contributed by atoms with van der Waals surface area (Å²) in [5, 5.41) is 13.9. The Bertz CT molecular complexity index is 1070. The lowest BCUT2D eigenvalue weighted by molar-refractivity contribution is -0.193. The van der Waals surface area contributed by atoms with Gasteiger partial charge in [0, 0.05) is 25.1 Å². The molecule has 7 unspecified atom stereocenters. The Morgan fingerprint density at radius 3 is 2.49 bits per heavy atom. The Kier molecular flexibility index (Phi) is 7.56. The molecule has 7 rings (SSSR count). The highest BCUT2D eigenvalue weighted by Gasteiger charge is 2.81. The van der Waals surface area contributed by atoms with Gasteiger partial charge < -0.3 is 29.5 Å². The lowest BCUT2D eigenvalue weighted by atomic mass is 9.46. The fraction of sp³-hybridized carbons (Fsp3) is 0.972. The summed E-state index contributed by atoms with van der Waals surface area (Å²) in [5.74, 6) is 2.79. The number of likely N-dealkylation sites (tertiary alicyclic amines) is 1. The molecule has 0 aromatic rings. The third kappa shape index (κ3) is 4.66.